The summed E-state index contributed by atoms with van der Waals surface area (Å²) >= 11 is 0. The Morgan fingerprint density at radius 1 is 1.19 bits per heavy atom. The van der Waals surface area contributed by atoms with Gasteiger partial charge in [0.15, 0.2) is 5.82 Å². The number of H-pyrrole nitrogens is 1. The van der Waals surface area contributed by atoms with E-state index in [1.165, 1.54) is 0 Å². The van der Waals surface area contributed by atoms with E-state index < -0.39 is 0 Å². The van der Waals surface area contributed by atoms with E-state index in [1.807, 2.05) is 30.3 Å². The van der Waals surface area contributed by atoms with Crippen LogP contribution in [0.3, 0.4) is 0 Å². The van der Waals surface area contributed by atoms with E-state index in [-0.39, 0.29) is 24.4 Å². The molecule has 0 spiro atoms. The molecule has 0 radical (unpaired) electrons. The van der Waals surface area contributed by atoms with E-state index >= 15 is 0 Å². The maximum atomic E-state index is 12.1. The molecule has 2 N–H and O–H groups in total. The molecule has 0 atom stereocenters. The standard InChI is InChI=1S/C18H19N5O3/c1-11-14(18(25)21-12(2)20-11)9-16(24)19-10-17-22-15(23-26-17)8-13-6-4-3-5-7-13/h3-7H,8-10H2,1-2H3,(H,19,24)(H,20,21,25). The van der Waals surface area contributed by atoms with Gasteiger partial charge in [-0.2, -0.15) is 4.98 Å². The first kappa shape index (κ1) is 17.5. The fourth-order valence-corrected chi connectivity index (χ4v) is 2.57. The molecule has 0 bridgehead atoms. The third-order valence-corrected chi connectivity index (χ3v) is 3.83. The van der Waals surface area contributed by atoms with E-state index in [4.69, 9.17) is 4.52 Å². The molecule has 1 aromatic carbocycles. The lowest BCUT2D eigenvalue weighted by atomic mass is 10.1. The molecule has 1 amide bonds. The molecule has 0 fully saturated rings. The van der Waals surface area contributed by atoms with Crippen LogP contribution in [0.4, 0.5) is 0 Å². The second-order valence-electron chi connectivity index (χ2n) is 5.94. The normalized spacial score (nSPS) is 10.7. The third kappa shape index (κ3) is 4.41. The maximum absolute atomic E-state index is 12.1. The van der Waals surface area contributed by atoms with Gasteiger partial charge in [-0.15, -0.1) is 0 Å². The van der Waals surface area contributed by atoms with Gasteiger partial charge in [-0.1, -0.05) is 35.5 Å². The first-order chi connectivity index (χ1) is 12.5. The number of amides is 1. The number of rotatable bonds is 6. The van der Waals surface area contributed by atoms with Crippen molar-refractivity contribution in [3.8, 4) is 0 Å². The summed E-state index contributed by atoms with van der Waals surface area (Å²) in [6.45, 7) is 3.51. The van der Waals surface area contributed by atoms with Crippen molar-refractivity contribution in [3.63, 3.8) is 0 Å². The molecule has 2 heterocycles. The van der Waals surface area contributed by atoms with E-state index in [1.54, 1.807) is 13.8 Å². The second-order valence-corrected chi connectivity index (χ2v) is 5.94. The van der Waals surface area contributed by atoms with E-state index in [0.717, 1.165) is 5.56 Å². The lowest BCUT2D eigenvalue weighted by Gasteiger charge is -2.05. The van der Waals surface area contributed by atoms with Gasteiger partial charge in [-0.05, 0) is 19.4 Å². The van der Waals surface area contributed by atoms with Crippen LogP contribution in [-0.2, 0) is 24.2 Å². The predicted octanol–water partition coefficient (Wildman–Crippen LogP) is 1.22. The van der Waals surface area contributed by atoms with Crippen LogP contribution in [0.15, 0.2) is 39.6 Å². The van der Waals surface area contributed by atoms with Crippen molar-refractivity contribution in [2.24, 2.45) is 0 Å². The van der Waals surface area contributed by atoms with Gasteiger partial charge in [0.1, 0.15) is 5.82 Å². The van der Waals surface area contributed by atoms with Crippen LogP contribution >= 0.6 is 0 Å². The van der Waals surface area contributed by atoms with Crippen LogP contribution < -0.4 is 10.9 Å². The van der Waals surface area contributed by atoms with Crippen LogP contribution in [0.2, 0.25) is 0 Å². The van der Waals surface area contributed by atoms with Gasteiger partial charge in [0.2, 0.25) is 11.8 Å². The summed E-state index contributed by atoms with van der Waals surface area (Å²) in [5.74, 6) is 1.08. The largest absolute Gasteiger partial charge is 0.347 e. The number of hydrogen-bond acceptors (Lipinski definition) is 6. The molecule has 0 aliphatic heterocycles. The van der Waals surface area contributed by atoms with Gasteiger partial charge < -0.3 is 14.8 Å². The number of nitrogens with zero attached hydrogens (tertiary/aromatic N) is 3. The summed E-state index contributed by atoms with van der Waals surface area (Å²) in [5, 5.41) is 6.59. The highest BCUT2D eigenvalue weighted by atomic mass is 16.5. The van der Waals surface area contributed by atoms with Gasteiger partial charge in [0.05, 0.1) is 13.0 Å². The molecule has 134 valence electrons. The van der Waals surface area contributed by atoms with Crippen LogP contribution in [0.5, 0.6) is 0 Å². The minimum absolute atomic E-state index is 0.0561. The zero-order chi connectivity index (χ0) is 18.5. The van der Waals surface area contributed by atoms with Crippen molar-refractivity contribution in [3.05, 3.63) is 75.0 Å². The molecular weight excluding hydrogens is 334 g/mol. The average molecular weight is 353 g/mol. The molecule has 0 saturated heterocycles. The first-order valence-electron chi connectivity index (χ1n) is 8.19. The summed E-state index contributed by atoms with van der Waals surface area (Å²) in [4.78, 5) is 35.1. The molecule has 0 saturated carbocycles. The summed E-state index contributed by atoms with van der Waals surface area (Å²) < 4.78 is 5.14. The molecule has 0 unspecified atom stereocenters. The van der Waals surface area contributed by atoms with Crippen molar-refractivity contribution in [1.29, 1.82) is 0 Å². The molecule has 0 aliphatic rings. The number of aromatic nitrogens is 4. The van der Waals surface area contributed by atoms with Crippen molar-refractivity contribution < 1.29 is 9.32 Å². The minimum Gasteiger partial charge on any atom is -0.347 e. The van der Waals surface area contributed by atoms with Crippen molar-refractivity contribution in [1.82, 2.24) is 25.4 Å². The minimum atomic E-state index is -0.313. The van der Waals surface area contributed by atoms with E-state index in [0.29, 0.717) is 35.2 Å². The smallest absolute Gasteiger partial charge is 0.254 e. The molecule has 8 nitrogen and oxygen atoms in total. The maximum Gasteiger partial charge on any atom is 0.254 e. The molecule has 26 heavy (non-hydrogen) atoms. The van der Waals surface area contributed by atoms with Gasteiger partial charge in [0.25, 0.3) is 5.56 Å². The van der Waals surface area contributed by atoms with Gasteiger partial charge in [-0.25, -0.2) is 4.98 Å². The van der Waals surface area contributed by atoms with Crippen LogP contribution in [0.1, 0.15) is 34.4 Å². The van der Waals surface area contributed by atoms with Crippen LogP contribution in [0, 0.1) is 13.8 Å². The van der Waals surface area contributed by atoms with E-state index in [2.05, 4.69) is 25.4 Å². The Balaban J connectivity index is 1.56. The predicted molar refractivity (Wildman–Crippen MR) is 93.4 cm³/mol. The number of hydrogen-bond donors (Lipinski definition) is 2. The highest BCUT2D eigenvalue weighted by Crippen LogP contribution is 2.06. The fourth-order valence-electron chi connectivity index (χ4n) is 2.57. The third-order valence-electron chi connectivity index (χ3n) is 3.83. The Hall–Kier alpha value is -3.29. The Labute approximate surface area is 149 Å². The number of carbonyl (C=O) groups excluding carboxylic acids is 1. The van der Waals surface area contributed by atoms with Crippen LogP contribution in [-0.4, -0.2) is 26.0 Å². The summed E-state index contributed by atoms with van der Waals surface area (Å²) in [7, 11) is 0. The second kappa shape index (κ2) is 7.73. The quantitative estimate of drug-likeness (QED) is 0.689. The summed E-state index contributed by atoms with van der Waals surface area (Å²) in [5.41, 5.74) is 1.67. The van der Waals surface area contributed by atoms with Crippen molar-refractivity contribution in [2.75, 3.05) is 0 Å². The SMILES string of the molecule is Cc1nc(C)c(CC(=O)NCc2nc(Cc3ccccc3)no2)c(=O)[nH]1. The zero-order valence-electron chi connectivity index (χ0n) is 14.6. The number of nitrogens with one attached hydrogen (secondary N) is 2. The fraction of sp³-hybridized carbons (Fsp3) is 0.278. The summed E-state index contributed by atoms with van der Waals surface area (Å²) in [6.07, 6.45) is 0.501. The number of aryl methyl sites for hydroxylation is 2. The average Bonchev–Trinajstić information content (AvgIpc) is 3.04. The van der Waals surface area contributed by atoms with Gasteiger partial charge in [-0.3, -0.25) is 9.59 Å². The first-order valence-corrected chi connectivity index (χ1v) is 8.19. The highest BCUT2D eigenvalue weighted by Gasteiger charge is 2.13. The molecule has 3 rings (SSSR count). The Morgan fingerprint density at radius 2 is 1.96 bits per heavy atom. The monoisotopic (exact) mass is 353 g/mol. The number of aromatic amines is 1. The lowest BCUT2D eigenvalue weighted by Crippen LogP contribution is -2.29. The lowest BCUT2D eigenvalue weighted by molar-refractivity contribution is -0.120. The van der Waals surface area contributed by atoms with Gasteiger partial charge >= 0.3 is 0 Å². The van der Waals surface area contributed by atoms with Crippen molar-refractivity contribution >= 4 is 5.91 Å². The van der Waals surface area contributed by atoms with Crippen molar-refractivity contribution in [2.45, 2.75) is 33.2 Å². The number of carbonyl (C=O) groups is 1. The molecule has 2 aromatic heterocycles. The highest BCUT2D eigenvalue weighted by molar-refractivity contribution is 5.78. The molecule has 0 aliphatic carbocycles. The Kier molecular flexibility index (Phi) is 5.21. The molecular formula is C18H19N5O3. The number of benzene rings is 1. The van der Waals surface area contributed by atoms with E-state index in [9.17, 15) is 9.59 Å². The molecule has 3 aromatic rings. The van der Waals surface area contributed by atoms with Crippen LogP contribution in [0.25, 0.3) is 0 Å². The zero-order valence-corrected chi connectivity index (χ0v) is 14.6. The van der Waals surface area contributed by atoms with Gasteiger partial charge in [0, 0.05) is 17.7 Å². The molecule has 8 heteroatoms. The summed E-state index contributed by atoms with van der Waals surface area (Å²) in [6, 6.07) is 9.79. The Morgan fingerprint density at radius 3 is 2.69 bits per heavy atom. The Bertz CT molecular complexity index is 962. The topological polar surface area (TPSA) is 114 Å².